The molecule has 1 aromatic heterocycles. The number of rotatable bonds is 3. The van der Waals surface area contributed by atoms with Crippen LogP contribution < -0.4 is 5.32 Å². The number of aromatic nitrogens is 1. The molecule has 1 amide bonds. The molecule has 0 aliphatic carbocycles. The third-order valence-corrected chi connectivity index (χ3v) is 5.13. The van der Waals surface area contributed by atoms with E-state index in [9.17, 15) is 4.79 Å². The fourth-order valence-corrected chi connectivity index (χ4v) is 3.91. The molecular formula is C18H22ClN3O. The molecule has 1 aromatic carbocycles. The highest BCUT2D eigenvalue weighted by Gasteiger charge is 2.34. The number of anilines is 1. The van der Waals surface area contributed by atoms with E-state index in [1.54, 1.807) is 6.20 Å². The Morgan fingerprint density at radius 3 is 2.83 bits per heavy atom. The van der Waals surface area contributed by atoms with Gasteiger partial charge >= 0.3 is 0 Å². The Labute approximate surface area is 142 Å². The van der Waals surface area contributed by atoms with E-state index in [1.807, 2.05) is 30.3 Å². The minimum atomic E-state index is 0. The molecule has 3 aliphatic heterocycles. The summed E-state index contributed by atoms with van der Waals surface area (Å²) < 4.78 is 0. The van der Waals surface area contributed by atoms with Crippen LogP contribution in [0.3, 0.4) is 0 Å². The molecule has 1 N–H and O–H groups in total. The first-order chi connectivity index (χ1) is 10.8. The van der Waals surface area contributed by atoms with Gasteiger partial charge in [0, 0.05) is 30.2 Å². The lowest BCUT2D eigenvalue weighted by Crippen LogP contribution is -2.48. The second kappa shape index (κ2) is 6.85. The number of pyridine rings is 1. The van der Waals surface area contributed by atoms with Gasteiger partial charge in [-0.05, 0) is 56.0 Å². The van der Waals surface area contributed by atoms with Crippen LogP contribution in [0.25, 0.3) is 10.9 Å². The van der Waals surface area contributed by atoms with Crippen LogP contribution in [-0.2, 0) is 4.79 Å². The molecule has 3 fully saturated rings. The Balaban J connectivity index is 0.00000156. The van der Waals surface area contributed by atoms with Gasteiger partial charge in [-0.2, -0.15) is 0 Å². The minimum absolute atomic E-state index is 0. The van der Waals surface area contributed by atoms with E-state index in [2.05, 4.69) is 15.2 Å². The lowest BCUT2D eigenvalue weighted by molar-refractivity contribution is -0.118. The normalized spacial score (nSPS) is 25.8. The summed E-state index contributed by atoms with van der Waals surface area (Å²) in [6, 6.07) is 9.86. The monoisotopic (exact) mass is 331 g/mol. The number of halogens is 1. The Morgan fingerprint density at radius 2 is 2.09 bits per heavy atom. The van der Waals surface area contributed by atoms with Crippen LogP contribution in [0.1, 0.15) is 19.3 Å². The van der Waals surface area contributed by atoms with E-state index in [1.165, 1.54) is 25.9 Å². The van der Waals surface area contributed by atoms with Crippen molar-refractivity contribution in [2.45, 2.75) is 19.3 Å². The summed E-state index contributed by atoms with van der Waals surface area (Å²) in [5.41, 5.74) is 1.76. The van der Waals surface area contributed by atoms with Gasteiger partial charge < -0.3 is 10.2 Å². The third kappa shape index (κ3) is 3.48. The molecule has 3 aliphatic rings. The van der Waals surface area contributed by atoms with Gasteiger partial charge in [0.05, 0.1) is 5.52 Å². The Kier molecular flexibility index (Phi) is 4.83. The van der Waals surface area contributed by atoms with E-state index in [-0.39, 0.29) is 18.3 Å². The predicted octanol–water partition coefficient (Wildman–Crippen LogP) is 3.33. The summed E-state index contributed by atoms with van der Waals surface area (Å²) in [6.45, 7) is 3.54. The largest absolute Gasteiger partial charge is 0.326 e. The number of hydrogen-bond donors (Lipinski definition) is 1. The van der Waals surface area contributed by atoms with Gasteiger partial charge in [0.2, 0.25) is 5.91 Å². The summed E-state index contributed by atoms with van der Waals surface area (Å²) in [5.74, 6) is 1.41. The first-order valence-corrected chi connectivity index (χ1v) is 8.15. The lowest BCUT2D eigenvalue weighted by atomic mass is 9.77. The van der Waals surface area contributed by atoms with Gasteiger partial charge in [-0.15, -0.1) is 12.4 Å². The zero-order chi connectivity index (χ0) is 14.9. The number of piperidine rings is 3. The van der Waals surface area contributed by atoms with Crippen LogP contribution in [0.2, 0.25) is 0 Å². The molecule has 0 saturated carbocycles. The van der Waals surface area contributed by atoms with Crippen molar-refractivity contribution >= 4 is 34.9 Å². The van der Waals surface area contributed by atoms with Crippen molar-refractivity contribution in [2.24, 2.45) is 11.8 Å². The Hall–Kier alpha value is -1.65. The highest BCUT2D eigenvalue weighted by atomic mass is 35.5. The van der Waals surface area contributed by atoms with E-state index in [0.29, 0.717) is 12.3 Å². The molecule has 1 unspecified atom stereocenters. The number of nitrogens with zero attached hydrogens (tertiary/aromatic N) is 2. The van der Waals surface area contributed by atoms with E-state index in [4.69, 9.17) is 0 Å². The maximum Gasteiger partial charge on any atom is 0.224 e. The molecular weight excluding hydrogens is 310 g/mol. The van der Waals surface area contributed by atoms with Gasteiger partial charge in [-0.1, -0.05) is 12.1 Å². The van der Waals surface area contributed by atoms with Gasteiger partial charge in [-0.3, -0.25) is 9.78 Å². The number of nitrogens with one attached hydrogen (secondary N) is 1. The topological polar surface area (TPSA) is 45.2 Å². The molecule has 122 valence electrons. The second-order valence-electron chi connectivity index (χ2n) is 6.56. The predicted molar refractivity (Wildman–Crippen MR) is 94.9 cm³/mol. The van der Waals surface area contributed by atoms with Crippen LogP contribution in [0, 0.1) is 11.8 Å². The number of hydrogen-bond acceptors (Lipinski definition) is 3. The van der Waals surface area contributed by atoms with Crippen LogP contribution >= 0.6 is 12.4 Å². The molecule has 0 radical (unpaired) electrons. The fraction of sp³-hybridized carbons (Fsp3) is 0.444. The van der Waals surface area contributed by atoms with Gasteiger partial charge in [0.1, 0.15) is 0 Å². The highest BCUT2D eigenvalue weighted by Crippen LogP contribution is 2.34. The molecule has 0 spiro atoms. The molecule has 2 bridgehead atoms. The lowest BCUT2D eigenvalue weighted by Gasteiger charge is -2.44. The molecule has 4 nitrogen and oxygen atoms in total. The molecule has 23 heavy (non-hydrogen) atoms. The second-order valence-corrected chi connectivity index (χ2v) is 6.56. The quantitative estimate of drug-likeness (QED) is 0.938. The number of carbonyl (C=O) groups excluding carboxylic acids is 1. The average molecular weight is 332 g/mol. The number of benzene rings is 1. The molecule has 4 heterocycles. The summed E-state index contributed by atoms with van der Waals surface area (Å²) in [4.78, 5) is 19.2. The zero-order valence-corrected chi connectivity index (χ0v) is 13.9. The Bertz CT molecular complexity index is 697. The standard InChI is InChI=1S/C18H21N3O.ClH/c22-18(10-15-12-21-8-5-13(15)6-9-21)20-16-4-3-14-2-1-7-19-17(14)11-16;/h1-4,7,11,13,15H,5-6,8-10,12H2,(H,20,22);1H. The van der Waals surface area contributed by atoms with Crippen molar-refractivity contribution in [2.75, 3.05) is 25.0 Å². The SMILES string of the molecule is Cl.O=C(CC1CN2CCC1CC2)Nc1ccc2cccnc2c1. The maximum atomic E-state index is 12.3. The fourth-order valence-electron chi connectivity index (χ4n) is 3.91. The first kappa shape index (κ1) is 16.2. The van der Waals surface area contributed by atoms with Crippen LogP contribution in [0.5, 0.6) is 0 Å². The molecule has 3 saturated heterocycles. The van der Waals surface area contributed by atoms with Gasteiger partial charge in [0.25, 0.3) is 0 Å². The van der Waals surface area contributed by atoms with Crippen molar-refractivity contribution in [3.63, 3.8) is 0 Å². The van der Waals surface area contributed by atoms with E-state index < -0.39 is 0 Å². The molecule has 5 rings (SSSR count). The van der Waals surface area contributed by atoms with Crippen molar-refractivity contribution < 1.29 is 4.79 Å². The van der Waals surface area contributed by atoms with Crippen molar-refractivity contribution in [1.82, 2.24) is 9.88 Å². The highest BCUT2D eigenvalue weighted by molar-refractivity contribution is 5.93. The van der Waals surface area contributed by atoms with Crippen LogP contribution in [0.4, 0.5) is 5.69 Å². The van der Waals surface area contributed by atoms with Crippen LogP contribution in [-0.4, -0.2) is 35.4 Å². The van der Waals surface area contributed by atoms with Crippen molar-refractivity contribution in [3.05, 3.63) is 36.5 Å². The zero-order valence-electron chi connectivity index (χ0n) is 13.1. The van der Waals surface area contributed by atoms with E-state index in [0.717, 1.165) is 29.1 Å². The van der Waals surface area contributed by atoms with Crippen LogP contribution in [0.15, 0.2) is 36.5 Å². The Morgan fingerprint density at radius 1 is 1.26 bits per heavy atom. The summed E-state index contributed by atoms with van der Waals surface area (Å²) >= 11 is 0. The number of amides is 1. The first-order valence-electron chi connectivity index (χ1n) is 8.15. The van der Waals surface area contributed by atoms with Gasteiger partial charge in [-0.25, -0.2) is 0 Å². The maximum absolute atomic E-state index is 12.3. The van der Waals surface area contributed by atoms with E-state index >= 15 is 0 Å². The van der Waals surface area contributed by atoms with Gasteiger partial charge in [0.15, 0.2) is 0 Å². The van der Waals surface area contributed by atoms with Crippen molar-refractivity contribution in [3.8, 4) is 0 Å². The number of fused-ring (bicyclic) bond motifs is 4. The average Bonchev–Trinajstić information content (AvgIpc) is 2.56. The summed E-state index contributed by atoms with van der Waals surface area (Å²) in [6.07, 6.45) is 4.94. The molecule has 1 atom stereocenters. The minimum Gasteiger partial charge on any atom is -0.326 e. The number of carbonyl (C=O) groups is 1. The summed E-state index contributed by atoms with van der Waals surface area (Å²) in [5, 5.41) is 4.14. The third-order valence-electron chi connectivity index (χ3n) is 5.13. The smallest absolute Gasteiger partial charge is 0.224 e. The summed E-state index contributed by atoms with van der Waals surface area (Å²) in [7, 11) is 0. The molecule has 5 heteroatoms. The molecule has 2 aromatic rings. The van der Waals surface area contributed by atoms with Crippen molar-refractivity contribution in [1.29, 1.82) is 0 Å².